The molecule has 104 valence electrons. The van der Waals surface area contributed by atoms with E-state index in [1.54, 1.807) is 6.20 Å². The molecule has 0 bridgehead atoms. The van der Waals surface area contributed by atoms with Gasteiger partial charge in [-0.2, -0.15) is 0 Å². The molecule has 0 amide bonds. The quantitative estimate of drug-likeness (QED) is 0.898. The number of imidazole rings is 1. The van der Waals surface area contributed by atoms with Gasteiger partial charge in [-0.15, -0.1) is 0 Å². The van der Waals surface area contributed by atoms with E-state index in [0.29, 0.717) is 6.54 Å². The maximum atomic E-state index is 5.63. The highest BCUT2D eigenvalue weighted by atomic mass is 16.4. The summed E-state index contributed by atoms with van der Waals surface area (Å²) in [5, 5.41) is 3.45. The summed E-state index contributed by atoms with van der Waals surface area (Å²) in [4.78, 5) is 8.48. The number of aromatic nitrogens is 3. The molecule has 0 unspecified atom stereocenters. The van der Waals surface area contributed by atoms with E-state index >= 15 is 0 Å². The van der Waals surface area contributed by atoms with Gasteiger partial charge in [-0.3, -0.25) is 0 Å². The molecular weight excluding hydrogens is 240 g/mol. The predicted molar refractivity (Wildman–Crippen MR) is 73.8 cm³/mol. The zero-order valence-corrected chi connectivity index (χ0v) is 12.1. The molecule has 0 saturated carbocycles. The number of oxazole rings is 1. The molecule has 0 saturated heterocycles. The lowest BCUT2D eigenvalue weighted by molar-refractivity contribution is 0.409. The molecule has 0 spiro atoms. The van der Waals surface area contributed by atoms with Crippen LogP contribution in [0, 0.1) is 0 Å². The van der Waals surface area contributed by atoms with Gasteiger partial charge in [-0.25, -0.2) is 9.97 Å². The Hall–Kier alpha value is -1.62. The van der Waals surface area contributed by atoms with Crippen LogP contribution in [-0.4, -0.2) is 20.1 Å². The SMILES string of the molecule is CCc1cnc(Cn2cncc2CNC(C)(C)C)o1. The third kappa shape index (κ3) is 3.92. The molecule has 2 aromatic heterocycles. The molecule has 2 heterocycles. The predicted octanol–water partition coefficient (Wildman–Crippen LogP) is 2.37. The molecule has 19 heavy (non-hydrogen) atoms. The first-order valence-electron chi connectivity index (χ1n) is 6.65. The van der Waals surface area contributed by atoms with Crippen molar-refractivity contribution in [1.29, 1.82) is 0 Å². The second kappa shape index (κ2) is 5.57. The van der Waals surface area contributed by atoms with Crippen molar-refractivity contribution in [2.75, 3.05) is 0 Å². The van der Waals surface area contributed by atoms with E-state index in [-0.39, 0.29) is 5.54 Å². The molecule has 5 nitrogen and oxygen atoms in total. The number of nitrogens with one attached hydrogen (secondary N) is 1. The van der Waals surface area contributed by atoms with Crippen LogP contribution in [0.4, 0.5) is 0 Å². The molecule has 0 aliphatic heterocycles. The molecule has 2 rings (SSSR count). The molecule has 0 aliphatic carbocycles. The van der Waals surface area contributed by atoms with Crippen LogP contribution in [0.15, 0.2) is 23.1 Å². The molecule has 0 aliphatic rings. The van der Waals surface area contributed by atoms with E-state index in [2.05, 4.69) is 47.5 Å². The Morgan fingerprint density at radius 1 is 1.32 bits per heavy atom. The molecule has 1 N–H and O–H groups in total. The molecule has 2 aromatic rings. The number of hydrogen-bond acceptors (Lipinski definition) is 4. The Morgan fingerprint density at radius 3 is 2.74 bits per heavy atom. The van der Waals surface area contributed by atoms with Crippen molar-refractivity contribution >= 4 is 0 Å². The number of nitrogens with zero attached hydrogens (tertiary/aromatic N) is 3. The van der Waals surface area contributed by atoms with Gasteiger partial charge in [0.1, 0.15) is 12.3 Å². The summed E-state index contributed by atoms with van der Waals surface area (Å²) in [7, 11) is 0. The monoisotopic (exact) mass is 262 g/mol. The molecule has 0 atom stereocenters. The zero-order valence-electron chi connectivity index (χ0n) is 12.1. The lowest BCUT2D eigenvalue weighted by atomic mass is 10.1. The van der Waals surface area contributed by atoms with Crippen molar-refractivity contribution < 1.29 is 4.42 Å². The molecule has 5 heteroatoms. The average molecular weight is 262 g/mol. The normalized spacial score (nSPS) is 12.0. The minimum atomic E-state index is 0.0907. The second-order valence-corrected chi connectivity index (χ2v) is 5.69. The highest BCUT2D eigenvalue weighted by Crippen LogP contribution is 2.09. The van der Waals surface area contributed by atoms with Gasteiger partial charge in [-0.1, -0.05) is 6.92 Å². The Bertz CT molecular complexity index is 522. The zero-order chi connectivity index (χ0) is 13.9. The molecule has 0 aromatic carbocycles. The van der Waals surface area contributed by atoms with Crippen molar-refractivity contribution in [1.82, 2.24) is 19.9 Å². The Labute approximate surface area is 114 Å². The lowest BCUT2D eigenvalue weighted by Crippen LogP contribution is -2.35. The summed E-state index contributed by atoms with van der Waals surface area (Å²) in [6.45, 7) is 9.91. The highest BCUT2D eigenvalue weighted by molar-refractivity contribution is 5.02. The van der Waals surface area contributed by atoms with Crippen LogP contribution in [0.25, 0.3) is 0 Å². The largest absolute Gasteiger partial charge is 0.444 e. The molecule has 0 radical (unpaired) electrons. The van der Waals surface area contributed by atoms with Crippen LogP contribution in [0.5, 0.6) is 0 Å². The number of aryl methyl sites for hydroxylation is 1. The van der Waals surface area contributed by atoms with Gasteiger partial charge in [0.2, 0.25) is 5.89 Å². The van der Waals surface area contributed by atoms with Gasteiger partial charge in [0.25, 0.3) is 0 Å². The fourth-order valence-corrected chi connectivity index (χ4v) is 1.72. The first kappa shape index (κ1) is 13.8. The van der Waals surface area contributed by atoms with E-state index < -0.39 is 0 Å². The number of rotatable bonds is 5. The molecular formula is C14H22N4O. The summed E-state index contributed by atoms with van der Waals surface area (Å²) < 4.78 is 7.69. The molecule has 0 fully saturated rings. The Balaban J connectivity index is 2.03. The van der Waals surface area contributed by atoms with Crippen LogP contribution in [0.2, 0.25) is 0 Å². The van der Waals surface area contributed by atoms with E-state index in [1.165, 1.54) is 0 Å². The maximum Gasteiger partial charge on any atom is 0.214 e. The number of hydrogen-bond donors (Lipinski definition) is 1. The van der Waals surface area contributed by atoms with Crippen molar-refractivity contribution in [3.05, 3.63) is 36.1 Å². The summed E-state index contributed by atoms with van der Waals surface area (Å²) in [6, 6.07) is 0. The van der Waals surface area contributed by atoms with Gasteiger partial charge in [0.15, 0.2) is 0 Å². The van der Waals surface area contributed by atoms with Crippen LogP contribution < -0.4 is 5.32 Å². The fourth-order valence-electron chi connectivity index (χ4n) is 1.72. The van der Waals surface area contributed by atoms with Crippen LogP contribution >= 0.6 is 0 Å². The summed E-state index contributed by atoms with van der Waals surface area (Å²) in [5.74, 6) is 1.65. The van der Waals surface area contributed by atoms with Crippen molar-refractivity contribution in [2.45, 2.75) is 52.7 Å². The summed E-state index contributed by atoms with van der Waals surface area (Å²) in [5.41, 5.74) is 1.22. The maximum absolute atomic E-state index is 5.63. The third-order valence-corrected chi connectivity index (χ3v) is 2.85. The van der Waals surface area contributed by atoms with Crippen LogP contribution in [0.3, 0.4) is 0 Å². The Morgan fingerprint density at radius 2 is 2.11 bits per heavy atom. The highest BCUT2D eigenvalue weighted by Gasteiger charge is 2.12. The van der Waals surface area contributed by atoms with Crippen LogP contribution in [-0.2, 0) is 19.5 Å². The van der Waals surface area contributed by atoms with Gasteiger partial charge >= 0.3 is 0 Å². The van der Waals surface area contributed by atoms with E-state index in [1.807, 2.05) is 12.5 Å². The van der Waals surface area contributed by atoms with Gasteiger partial charge in [0.05, 0.1) is 18.2 Å². The van der Waals surface area contributed by atoms with Crippen LogP contribution in [0.1, 0.15) is 45.0 Å². The van der Waals surface area contributed by atoms with Gasteiger partial charge < -0.3 is 14.3 Å². The standard InChI is InChI=1S/C14H22N4O/c1-5-12-8-16-13(19-12)9-18-10-15-6-11(18)7-17-14(2,3)4/h6,8,10,17H,5,7,9H2,1-4H3. The minimum Gasteiger partial charge on any atom is -0.444 e. The van der Waals surface area contributed by atoms with Gasteiger partial charge in [-0.05, 0) is 20.8 Å². The minimum absolute atomic E-state index is 0.0907. The van der Waals surface area contributed by atoms with Crippen molar-refractivity contribution in [3.8, 4) is 0 Å². The lowest BCUT2D eigenvalue weighted by Gasteiger charge is -2.20. The van der Waals surface area contributed by atoms with E-state index in [4.69, 9.17) is 4.42 Å². The first-order chi connectivity index (χ1) is 8.98. The van der Waals surface area contributed by atoms with E-state index in [0.717, 1.165) is 30.3 Å². The Kier molecular flexibility index (Phi) is 4.04. The topological polar surface area (TPSA) is 55.9 Å². The van der Waals surface area contributed by atoms with E-state index in [9.17, 15) is 0 Å². The first-order valence-corrected chi connectivity index (χ1v) is 6.65. The summed E-state index contributed by atoms with van der Waals surface area (Å²) >= 11 is 0. The van der Waals surface area contributed by atoms with Crippen molar-refractivity contribution in [3.63, 3.8) is 0 Å². The summed E-state index contributed by atoms with van der Waals surface area (Å²) in [6.07, 6.45) is 6.35. The van der Waals surface area contributed by atoms with Gasteiger partial charge in [0, 0.05) is 24.7 Å². The third-order valence-electron chi connectivity index (χ3n) is 2.85. The average Bonchev–Trinajstić information content (AvgIpc) is 2.95. The fraction of sp³-hybridized carbons (Fsp3) is 0.571. The smallest absolute Gasteiger partial charge is 0.214 e. The van der Waals surface area contributed by atoms with Crippen molar-refractivity contribution in [2.24, 2.45) is 0 Å². The second-order valence-electron chi connectivity index (χ2n) is 5.69.